The zero-order valence-corrected chi connectivity index (χ0v) is 35.7. The fourth-order valence-corrected chi connectivity index (χ4v) is 9.02. The standard InChI is InChI=1S/C27H32ClS.C22H24BO3/c1-26(2,3)21-9-15-24(16-10-21)29(19-20-7-13-23(28)14-8-20)25-17-11-22(12-18-25)27(4,5)6;1-23(17-5-11-20(24-2)12-6-17,18-7-13-21(25-3)14-8-18)19-9-15-22(26-4)16-10-19/h7-18H,19H2,1-6H3;5-16H,1-4H3/q+1;-1. The molecule has 0 bridgehead atoms. The molecular weight excluding hydrogens is 715 g/mol. The van der Waals surface area contributed by atoms with Crippen molar-refractivity contribution in [3.8, 4) is 17.2 Å². The van der Waals surface area contributed by atoms with Crippen LogP contribution in [0.15, 0.2) is 155 Å². The van der Waals surface area contributed by atoms with E-state index in [1.165, 1.54) is 42.9 Å². The largest absolute Gasteiger partial charge is 0.497 e. The summed E-state index contributed by atoms with van der Waals surface area (Å²) in [5, 5.41) is 0.790. The van der Waals surface area contributed by atoms with E-state index in [4.69, 9.17) is 25.8 Å². The summed E-state index contributed by atoms with van der Waals surface area (Å²) >= 11 is 6.10. The van der Waals surface area contributed by atoms with Crippen LogP contribution in [0.25, 0.3) is 0 Å². The predicted molar refractivity (Wildman–Crippen MR) is 239 cm³/mol. The molecule has 0 N–H and O–H groups in total. The second-order valence-corrected chi connectivity index (χ2v) is 18.8. The molecule has 286 valence electrons. The maximum atomic E-state index is 6.10. The van der Waals surface area contributed by atoms with Crippen molar-refractivity contribution in [3.63, 3.8) is 0 Å². The lowest BCUT2D eigenvalue weighted by molar-refractivity contribution is 0.415. The van der Waals surface area contributed by atoms with Crippen LogP contribution in [0.2, 0.25) is 11.8 Å². The minimum absolute atomic E-state index is 0.0220. The summed E-state index contributed by atoms with van der Waals surface area (Å²) in [5.74, 6) is 3.56. The Morgan fingerprint density at radius 3 is 1.04 bits per heavy atom. The molecule has 0 aromatic heterocycles. The van der Waals surface area contributed by atoms with E-state index in [2.05, 4.69) is 145 Å². The van der Waals surface area contributed by atoms with Gasteiger partial charge in [-0.15, -0.1) is 0 Å². The first kappa shape index (κ1) is 41.6. The highest BCUT2D eigenvalue weighted by Crippen LogP contribution is 2.32. The second kappa shape index (κ2) is 17.9. The highest BCUT2D eigenvalue weighted by atomic mass is 35.5. The van der Waals surface area contributed by atoms with Crippen molar-refractivity contribution < 1.29 is 14.2 Å². The van der Waals surface area contributed by atoms with Gasteiger partial charge in [0.05, 0.1) is 38.4 Å². The summed E-state index contributed by atoms with van der Waals surface area (Å²) in [4.78, 5) is 2.77. The SMILES string of the molecule is CC(C)(C)c1ccc([S+](Cc2ccc(Cl)cc2)c2ccc(C(C)(C)C)cc2)cc1.COc1ccc([B-](C)(c2ccc(OC)cc2)c2ccc(OC)cc2)cc1. The monoisotopic (exact) mass is 770 g/mol. The fourth-order valence-electron chi connectivity index (χ4n) is 6.83. The predicted octanol–water partition coefficient (Wildman–Crippen LogP) is 11.0. The van der Waals surface area contributed by atoms with Crippen molar-refractivity contribution >= 4 is 45.0 Å². The van der Waals surface area contributed by atoms with Gasteiger partial charge in [-0.1, -0.05) is 126 Å². The lowest BCUT2D eigenvalue weighted by Crippen LogP contribution is -2.64. The van der Waals surface area contributed by atoms with Gasteiger partial charge in [0.25, 0.3) is 0 Å². The molecule has 6 aromatic carbocycles. The van der Waals surface area contributed by atoms with E-state index in [1.807, 2.05) is 48.5 Å². The van der Waals surface area contributed by atoms with Crippen molar-refractivity contribution in [3.05, 3.63) is 167 Å². The van der Waals surface area contributed by atoms with E-state index in [0.717, 1.165) is 28.0 Å². The molecule has 6 heteroatoms. The van der Waals surface area contributed by atoms with Crippen molar-refractivity contribution in [1.82, 2.24) is 0 Å². The van der Waals surface area contributed by atoms with E-state index >= 15 is 0 Å². The smallest absolute Gasteiger partial charge is 0.161 e. The van der Waals surface area contributed by atoms with E-state index in [-0.39, 0.29) is 21.7 Å². The van der Waals surface area contributed by atoms with E-state index in [0.29, 0.717) is 0 Å². The summed E-state index contributed by atoms with van der Waals surface area (Å²) in [5.41, 5.74) is 8.16. The Morgan fingerprint density at radius 1 is 0.455 bits per heavy atom. The van der Waals surface area contributed by atoms with E-state index < -0.39 is 6.15 Å². The van der Waals surface area contributed by atoms with Crippen LogP contribution >= 0.6 is 11.6 Å². The van der Waals surface area contributed by atoms with Gasteiger partial charge in [0.1, 0.15) is 23.0 Å². The van der Waals surface area contributed by atoms with Crippen molar-refractivity contribution in [2.45, 2.75) is 74.7 Å². The van der Waals surface area contributed by atoms with Gasteiger partial charge in [0, 0.05) is 10.6 Å². The molecule has 3 nitrogen and oxygen atoms in total. The Hall–Kier alpha value is -4.58. The Balaban J connectivity index is 0.000000212. The third kappa shape index (κ3) is 10.4. The van der Waals surface area contributed by atoms with Crippen LogP contribution in [-0.2, 0) is 27.5 Å². The third-order valence-corrected chi connectivity index (χ3v) is 13.1. The number of hydrogen-bond donors (Lipinski definition) is 0. The maximum Gasteiger partial charge on any atom is 0.161 e. The first-order chi connectivity index (χ1) is 26.1. The summed E-state index contributed by atoms with van der Waals surface area (Å²) < 4.78 is 16.0. The average molecular weight is 771 g/mol. The number of methoxy groups -OCH3 is 3. The average Bonchev–Trinajstić information content (AvgIpc) is 3.20. The Bertz CT molecular complexity index is 1910. The van der Waals surface area contributed by atoms with Crippen LogP contribution in [0.1, 0.15) is 58.2 Å². The minimum atomic E-state index is -1.14. The number of rotatable bonds is 10. The van der Waals surface area contributed by atoms with Gasteiger partial charge < -0.3 is 14.2 Å². The molecule has 0 fully saturated rings. The molecule has 0 aliphatic heterocycles. The molecular formula is C49H56BClO3S. The first-order valence-corrected chi connectivity index (χ1v) is 20.7. The number of ether oxygens (including phenoxy) is 3. The van der Waals surface area contributed by atoms with Gasteiger partial charge in [-0.3, -0.25) is 0 Å². The van der Waals surface area contributed by atoms with Crippen LogP contribution in [0, 0.1) is 0 Å². The van der Waals surface area contributed by atoms with Crippen LogP contribution in [0.4, 0.5) is 0 Å². The highest BCUT2D eigenvalue weighted by Gasteiger charge is 2.28. The highest BCUT2D eigenvalue weighted by molar-refractivity contribution is 7.96. The number of benzene rings is 6. The van der Waals surface area contributed by atoms with Crippen molar-refractivity contribution in [2.75, 3.05) is 21.3 Å². The van der Waals surface area contributed by atoms with Gasteiger partial charge in [-0.2, -0.15) is 23.2 Å². The molecule has 0 aliphatic carbocycles. The van der Waals surface area contributed by atoms with Crippen LogP contribution < -0.4 is 30.6 Å². The molecule has 6 aromatic rings. The third-order valence-electron chi connectivity index (χ3n) is 10.6. The van der Waals surface area contributed by atoms with Gasteiger partial charge in [-0.05, 0) is 94.8 Å². The zero-order chi connectivity index (χ0) is 39.8. The quantitative estimate of drug-likeness (QED) is 0.103. The maximum absolute atomic E-state index is 6.10. The molecule has 0 unspecified atom stereocenters. The summed E-state index contributed by atoms with van der Waals surface area (Å²) in [6.07, 6.45) is -1.14. The Kier molecular flexibility index (Phi) is 13.5. The van der Waals surface area contributed by atoms with Crippen LogP contribution in [-0.4, -0.2) is 27.5 Å². The lowest BCUT2D eigenvalue weighted by Gasteiger charge is -2.39. The van der Waals surface area contributed by atoms with Gasteiger partial charge in [0.15, 0.2) is 9.79 Å². The molecule has 0 atom stereocenters. The first-order valence-electron chi connectivity index (χ1n) is 18.9. The Morgan fingerprint density at radius 2 is 0.764 bits per heavy atom. The molecule has 0 saturated carbocycles. The van der Waals surface area contributed by atoms with Crippen LogP contribution in [0.3, 0.4) is 0 Å². The summed E-state index contributed by atoms with van der Waals surface area (Å²) in [7, 11) is 5.04. The molecule has 0 heterocycles. The fraction of sp³-hybridized carbons (Fsp3) is 0.265. The molecule has 0 aliphatic rings. The molecule has 0 spiro atoms. The number of halogens is 1. The number of hydrogen-bond acceptors (Lipinski definition) is 3. The molecule has 0 radical (unpaired) electrons. The molecule has 6 rings (SSSR count). The lowest BCUT2D eigenvalue weighted by atomic mass is 9.17. The van der Waals surface area contributed by atoms with Gasteiger partial charge in [-0.25, -0.2) is 0 Å². The second-order valence-electron chi connectivity index (χ2n) is 16.3. The zero-order valence-electron chi connectivity index (χ0n) is 34.2. The van der Waals surface area contributed by atoms with E-state index in [1.54, 1.807) is 21.3 Å². The van der Waals surface area contributed by atoms with Gasteiger partial charge >= 0.3 is 0 Å². The van der Waals surface area contributed by atoms with Crippen LogP contribution in [0.5, 0.6) is 17.2 Å². The normalized spacial score (nSPS) is 11.8. The summed E-state index contributed by atoms with van der Waals surface area (Å²) in [6, 6.07) is 51.7. The minimum Gasteiger partial charge on any atom is -0.497 e. The summed E-state index contributed by atoms with van der Waals surface area (Å²) in [6.45, 7) is 15.9. The Labute approximate surface area is 338 Å². The van der Waals surface area contributed by atoms with Crippen molar-refractivity contribution in [2.24, 2.45) is 0 Å². The molecule has 0 amide bonds. The molecule has 0 saturated heterocycles. The van der Waals surface area contributed by atoms with E-state index in [9.17, 15) is 0 Å². The molecule has 55 heavy (non-hydrogen) atoms. The van der Waals surface area contributed by atoms with Crippen molar-refractivity contribution in [1.29, 1.82) is 0 Å². The topological polar surface area (TPSA) is 27.7 Å². The van der Waals surface area contributed by atoms with Gasteiger partial charge in [0.2, 0.25) is 0 Å².